The van der Waals surface area contributed by atoms with Gasteiger partial charge >= 0.3 is 0 Å². The predicted octanol–water partition coefficient (Wildman–Crippen LogP) is 12.0. The van der Waals surface area contributed by atoms with Crippen molar-refractivity contribution >= 4 is 44.8 Å². The summed E-state index contributed by atoms with van der Waals surface area (Å²) in [5.74, 6) is 2.81. The number of aromatic nitrogens is 2. The van der Waals surface area contributed by atoms with Crippen LogP contribution in [-0.2, 0) is 26.5 Å². The van der Waals surface area contributed by atoms with E-state index in [0.29, 0.717) is 0 Å². The van der Waals surface area contributed by atoms with Crippen LogP contribution in [0.25, 0.3) is 53.8 Å². The zero-order valence-corrected chi connectivity index (χ0v) is 33.9. The molecule has 2 nitrogen and oxygen atoms in total. The molecule has 3 aliphatic rings. The fourth-order valence-electron chi connectivity index (χ4n) is 8.04. The van der Waals surface area contributed by atoms with Crippen LogP contribution in [0.1, 0.15) is 37.7 Å². The summed E-state index contributed by atoms with van der Waals surface area (Å²) in [6.07, 6.45) is 12.5. The van der Waals surface area contributed by atoms with Crippen molar-refractivity contribution < 1.29 is 20.1 Å². The van der Waals surface area contributed by atoms with E-state index in [2.05, 4.69) is 122 Å². The zero-order chi connectivity index (χ0) is 34.1. The van der Waals surface area contributed by atoms with Gasteiger partial charge in [0.1, 0.15) is 0 Å². The molecule has 3 aliphatic carbocycles. The van der Waals surface area contributed by atoms with Crippen molar-refractivity contribution in [2.45, 2.75) is 58.2 Å². The van der Waals surface area contributed by atoms with E-state index in [1.54, 1.807) is 0 Å². The fraction of sp³-hybridized carbons (Fsp3) is 0.261. The summed E-state index contributed by atoms with van der Waals surface area (Å²) in [4.78, 5) is 9.26. The zero-order valence-electron chi connectivity index (χ0n) is 29.7. The van der Waals surface area contributed by atoms with E-state index in [4.69, 9.17) is 4.98 Å². The third kappa shape index (κ3) is 8.03. The second-order valence-corrected chi connectivity index (χ2v) is 21.5. The molecule has 2 bridgehead atoms. The van der Waals surface area contributed by atoms with Crippen LogP contribution in [0.3, 0.4) is 0 Å². The summed E-state index contributed by atoms with van der Waals surface area (Å²) >= 11 is 1.87. The Morgan fingerprint density at radius 1 is 0.706 bits per heavy atom. The third-order valence-corrected chi connectivity index (χ3v) is 14.1. The van der Waals surface area contributed by atoms with Gasteiger partial charge in [-0.15, -0.1) is 59.7 Å². The Labute approximate surface area is 321 Å². The largest absolute Gasteiger partial charge is 0.305 e. The van der Waals surface area contributed by atoms with Gasteiger partial charge in [0.2, 0.25) is 0 Å². The van der Waals surface area contributed by atoms with E-state index in [0.717, 1.165) is 40.3 Å². The maximum Gasteiger partial charge on any atom is 0.0795 e. The number of hydrogen-bond donors (Lipinski definition) is 0. The Balaban J connectivity index is 0.000000202. The summed E-state index contributed by atoms with van der Waals surface area (Å²) in [6, 6.07) is 45.5. The normalized spacial score (nSPS) is 18.2. The van der Waals surface area contributed by atoms with Crippen LogP contribution in [0.5, 0.6) is 0 Å². The molecule has 1 unspecified atom stereocenters. The van der Waals surface area contributed by atoms with E-state index in [1.165, 1.54) is 80.6 Å². The van der Waals surface area contributed by atoms with E-state index >= 15 is 0 Å². The van der Waals surface area contributed by atoms with Gasteiger partial charge in [-0.1, -0.05) is 104 Å². The molecule has 51 heavy (non-hydrogen) atoms. The topological polar surface area (TPSA) is 25.8 Å². The van der Waals surface area contributed by atoms with Crippen molar-refractivity contribution in [1.82, 2.24) is 9.97 Å². The van der Waals surface area contributed by atoms with Gasteiger partial charge in [0.25, 0.3) is 0 Å². The number of pyridine rings is 2. The van der Waals surface area contributed by atoms with Gasteiger partial charge in [-0.3, -0.25) is 0 Å². The molecule has 0 spiro atoms. The Morgan fingerprint density at radius 3 is 2.24 bits per heavy atom. The second kappa shape index (κ2) is 15.5. The van der Waals surface area contributed by atoms with Crippen molar-refractivity contribution in [2.24, 2.45) is 17.8 Å². The molecule has 3 heterocycles. The number of nitrogens with zero attached hydrogens (tertiary/aromatic N) is 2. The average Bonchev–Trinajstić information content (AvgIpc) is 3.53. The number of fused-ring (bicyclic) bond motifs is 6. The quantitative estimate of drug-likeness (QED) is 0.123. The molecule has 0 aliphatic heterocycles. The van der Waals surface area contributed by atoms with Crippen molar-refractivity contribution in [3.8, 4) is 33.6 Å². The summed E-state index contributed by atoms with van der Waals surface area (Å²) in [6.45, 7) is 7.00. The van der Waals surface area contributed by atoms with E-state index in [9.17, 15) is 0 Å². The first-order valence-corrected chi connectivity index (χ1v) is 22.5. The molecule has 3 saturated carbocycles. The van der Waals surface area contributed by atoms with Crippen molar-refractivity contribution in [3.63, 3.8) is 0 Å². The molecule has 4 aromatic carbocycles. The number of rotatable bonds is 6. The predicted molar refractivity (Wildman–Crippen MR) is 216 cm³/mol. The van der Waals surface area contributed by atoms with Gasteiger partial charge in [0.15, 0.2) is 0 Å². The first-order valence-electron chi connectivity index (χ1n) is 18.2. The molecular weight excluding hydrogens is 833 g/mol. The Hall–Kier alpha value is -3.73. The molecule has 1 radical (unpaired) electrons. The standard InChI is InChI=1S/C32H28NS.C14H16NSi.Ir/c1-2-4-23(5-3-1)25-11-13-31-29(19-25)28-12-10-26(20-32(28)34-31)30-18-22(14-15-33-30)17-27-16-21-6-8-24(27)9-7-21;1-16(2,3)13-9-10-14(15-11-13)12-7-5-4-6-8-12;/h1-5,11-15,18-21,24,27H,6-9,16-17H2;4-7,9-11H,1-3H3;/q2*-1;. The maximum atomic E-state index is 4.74. The minimum Gasteiger partial charge on any atom is -0.305 e. The van der Waals surface area contributed by atoms with Gasteiger partial charge in [0, 0.05) is 37.2 Å². The molecule has 0 N–H and O–H groups in total. The molecule has 10 rings (SSSR count). The third-order valence-electron chi connectivity index (χ3n) is 10.9. The van der Waals surface area contributed by atoms with Gasteiger partial charge in [-0.25, -0.2) is 0 Å². The SMILES string of the molecule is C[Si](C)(C)c1ccc(-c2[c-]cccc2)nc1.[Ir].[c-]1cc2c(cc1-c1cc(CC3CC4CCC3CC4)ccn1)sc1ccc(-c3ccccc3)cc12. The number of benzene rings is 4. The smallest absolute Gasteiger partial charge is 0.0795 e. The molecule has 0 amide bonds. The summed E-state index contributed by atoms with van der Waals surface area (Å²) in [5.41, 5.74) is 8.20. The second-order valence-electron chi connectivity index (χ2n) is 15.3. The van der Waals surface area contributed by atoms with Gasteiger partial charge in [-0.2, -0.15) is 11.3 Å². The average molecular weight is 877 g/mol. The molecule has 259 valence electrons. The molecule has 3 fully saturated rings. The number of hydrogen-bond acceptors (Lipinski definition) is 3. The molecule has 3 aromatic heterocycles. The minimum atomic E-state index is -1.23. The van der Waals surface area contributed by atoms with E-state index in [-0.39, 0.29) is 20.1 Å². The molecule has 5 heteroatoms. The summed E-state index contributed by atoms with van der Waals surface area (Å²) < 4.78 is 2.64. The molecular formula is C46H44IrN2SSi-2. The summed E-state index contributed by atoms with van der Waals surface area (Å²) in [7, 11) is -1.23. The Kier molecular flexibility index (Phi) is 10.8. The first kappa shape index (κ1) is 35.7. The van der Waals surface area contributed by atoms with Crippen molar-refractivity contribution in [2.75, 3.05) is 0 Å². The van der Waals surface area contributed by atoms with Gasteiger partial charge < -0.3 is 9.97 Å². The minimum absolute atomic E-state index is 0. The Morgan fingerprint density at radius 2 is 1.53 bits per heavy atom. The van der Waals surface area contributed by atoms with E-state index in [1.807, 2.05) is 48.0 Å². The molecule has 1 atom stereocenters. The maximum absolute atomic E-state index is 4.74. The summed E-state index contributed by atoms with van der Waals surface area (Å²) in [5, 5.41) is 4.00. The van der Waals surface area contributed by atoms with Crippen LogP contribution < -0.4 is 5.19 Å². The van der Waals surface area contributed by atoms with Crippen molar-refractivity contribution in [3.05, 3.63) is 139 Å². The fourth-order valence-corrected chi connectivity index (χ4v) is 10.2. The van der Waals surface area contributed by atoms with Crippen LogP contribution >= 0.6 is 11.3 Å². The van der Waals surface area contributed by atoms with Crippen LogP contribution in [0.2, 0.25) is 19.6 Å². The molecule has 0 saturated heterocycles. The van der Waals surface area contributed by atoms with Crippen LogP contribution in [0.4, 0.5) is 0 Å². The van der Waals surface area contributed by atoms with Gasteiger partial charge in [0.05, 0.1) is 8.07 Å². The molecule has 7 aromatic rings. The monoisotopic (exact) mass is 877 g/mol. The Bertz CT molecular complexity index is 2220. The van der Waals surface area contributed by atoms with Crippen molar-refractivity contribution in [1.29, 1.82) is 0 Å². The van der Waals surface area contributed by atoms with Crippen LogP contribution in [0.15, 0.2) is 122 Å². The first-order chi connectivity index (χ1) is 24.4. The van der Waals surface area contributed by atoms with Crippen LogP contribution in [0, 0.1) is 29.9 Å². The van der Waals surface area contributed by atoms with E-state index < -0.39 is 8.07 Å². The van der Waals surface area contributed by atoms with Crippen LogP contribution in [-0.4, -0.2) is 18.0 Å². The number of thiophene rings is 1. The van der Waals surface area contributed by atoms with Gasteiger partial charge in [-0.05, 0) is 93.4 Å².